The van der Waals surface area contributed by atoms with E-state index in [0.29, 0.717) is 6.54 Å². The normalized spacial score (nSPS) is 19.4. The van der Waals surface area contributed by atoms with Gasteiger partial charge in [-0.25, -0.2) is 4.98 Å². The molecule has 92 valence electrons. The molecule has 2 aliphatic rings. The molecule has 0 amide bonds. The highest BCUT2D eigenvalue weighted by molar-refractivity contribution is 5.52. The Bertz CT molecular complexity index is 408. The largest absolute Gasteiger partial charge is 0.353 e. The zero-order valence-electron chi connectivity index (χ0n) is 10.5. The summed E-state index contributed by atoms with van der Waals surface area (Å²) in [6, 6.07) is 2.80. The SMILES string of the molecule is Cc1ccnc(N(CC2CC2)C2CC2)c1CN. The first-order valence-corrected chi connectivity index (χ1v) is 6.70. The molecule has 1 aromatic heterocycles. The van der Waals surface area contributed by atoms with Crippen LogP contribution in [0.5, 0.6) is 0 Å². The first-order valence-electron chi connectivity index (χ1n) is 6.70. The van der Waals surface area contributed by atoms with Gasteiger partial charge in [-0.05, 0) is 50.2 Å². The Balaban J connectivity index is 1.90. The van der Waals surface area contributed by atoms with E-state index in [2.05, 4.69) is 22.9 Å². The third-order valence-corrected chi connectivity index (χ3v) is 3.88. The fourth-order valence-electron chi connectivity index (χ4n) is 2.45. The van der Waals surface area contributed by atoms with E-state index in [9.17, 15) is 0 Å². The van der Waals surface area contributed by atoms with Crippen LogP contribution in [-0.2, 0) is 6.54 Å². The Labute approximate surface area is 103 Å². The van der Waals surface area contributed by atoms with E-state index in [4.69, 9.17) is 5.73 Å². The monoisotopic (exact) mass is 231 g/mol. The van der Waals surface area contributed by atoms with Crippen molar-refractivity contribution in [1.82, 2.24) is 4.98 Å². The molecule has 2 saturated carbocycles. The van der Waals surface area contributed by atoms with Gasteiger partial charge in [0.15, 0.2) is 0 Å². The molecule has 0 aliphatic heterocycles. The number of nitrogens with zero attached hydrogens (tertiary/aromatic N) is 2. The molecule has 0 radical (unpaired) electrons. The molecule has 1 aromatic rings. The number of hydrogen-bond donors (Lipinski definition) is 1. The summed E-state index contributed by atoms with van der Waals surface area (Å²) in [4.78, 5) is 7.12. The van der Waals surface area contributed by atoms with Gasteiger partial charge in [-0.2, -0.15) is 0 Å². The summed E-state index contributed by atoms with van der Waals surface area (Å²) in [6.07, 6.45) is 7.37. The summed E-state index contributed by atoms with van der Waals surface area (Å²) < 4.78 is 0. The van der Waals surface area contributed by atoms with Crippen molar-refractivity contribution in [2.45, 2.75) is 45.2 Å². The Hall–Kier alpha value is -1.09. The lowest BCUT2D eigenvalue weighted by molar-refractivity contribution is 0.703. The molecule has 0 spiro atoms. The van der Waals surface area contributed by atoms with Crippen molar-refractivity contribution in [2.75, 3.05) is 11.4 Å². The summed E-state index contributed by atoms with van der Waals surface area (Å²) in [5, 5.41) is 0. The molecule has 1 heterocycles. The molecule has 2 N–H and O–H groups in total. The number of hydrogen-bond acceptors (Lipinski definition) is 3. The summed E-state index contributed by atoms with van der Waals surface area (Å²) in [5.74, 6) is 2.06. The topological polar surface area (TPSA) is 42.2 Å². The van der Waals surface area contributed by atoms with Crippen molar-refractivity contribution in [1.29, 1.82) is 0 Å². The van der Waals surface area contributed by atoms with Gasteiger partial charge in [0.1, 0.15) is 5.82 Å². The Kier molecular flexibility index (Phi) is 2.79. The lowest BCUT2D eigenvalue weighted by atomic mass is 10.1. The van der Waals surface area contributed by atoms with Crippen LogP contribution in [0.1, 0.15) is 36.8 Å². The molecule has 3 nitrogen and oxygen atoms in total. The van der Waals surface area contributed by atoms with Gasteiger partial charge in [0, 0.05) is 30.9 Å². The number of aromatic nitrogens is 1. The van der Waals surface area contributed by atoms with E-state index < -0.39 is 0 Å². The van der Waals surface area contributed by atoms with Crippen LogP contribution in [0.3, 0.4) is 0 Å². The third kappa shape index (κ3) is 2.29. The van der Waals surface area contributed by atoms with Crippen LogP contribution in [0, 0.1) is 12.8 Å². The molecule has 0 unspecified atom stereocenters. The van der Waals surface area contributed by atoms with Crippen LogP contribution in [0.4, 0.5) is 5.82 Å². The first-order chi connectivity index (χ1) is 8.29. The van der Waals surface area contributed by atoms with Crippen molar-refractivity contribution < 1.29 is 0 Å². The van der Waals surface area contributed by atoms with Gasteiger partial charge in [-0.3, -0.25) is 0 Å². The lowest BCUT2D eigenvalue weighted by Gasteiger charge is -2.26. The molecule has 3 heteroatoms. The van der Waals surface area contributed by atoms with Crippen LogP contribution in [0.2, 0.25) is 0 Å². The fraction of sp³-hybridized carbons (Fsp3) is 0.643. The van der Waals surface area contributed by atoms with Crippen molar-refractivity contribution in [3.63, 3.8) is 0 Å². The minimum absolute atomic E-state index is 0.600. The molecular weight excluding hydrogens is 210 g/mol. The van der Waals surface area contributed by atoms with E-state index in [1.54, 1.807) is 0 Å². The summed E-state index contributed by atoms with van der Waals surface area (Å²) in [6.45, 7) is 3.92. The second-order valence-corrected chi connectivity index (χ2v) is 5.46. The highest BCUT2D eigenvalue weighted by atomic mass is 15.2. The molecule has 2 aliphatic carbocycles. The predicted molar refractivity (Wildman–Crippen MR) is 70.0 cm³/mol. The van der Waals surface area contributed by atoms with Gasteiger partial charge in [0.2, 0.25) is 0 Å². The second-order valence-electron chi connectivity index (χ2n) is 5.46. The minimum Gasteiger partial charge on any atom is -0.353 e. The van der Waals surface area contributed by atoms with Gasteiger partial charge in [-0.15, -0.1) is 0 Å². The zero-order valence-corrected chi connectivity index (χ0v) is 10.5. The maximum atomic E-state index is 5.89. The molecule has 3 rings (SSSR count). The van der Waals surface area contributed by atoms with Crippen LogP contribution in [0.25, 0.3) is 0 Å². The summed E-state index contributed by atoms with van der Waals surface area (Å²) in [5.41, 5.74) is 8.40. The Morgan fingerprint density at radius 2 is 2.12 bits per heavy atom. The van der Waals surface area contributed by atoms with E-state index in [1.165, 1.54) is 43.4 Å². The Morgan fingerprint density at radius 3 is 2.71 bits per heavy atom. The molecule has 0 aromatic carbocycles. The standard InChI is InChI=1S/C14H21N3/c1-10-6-7-16-14(13(10)8-15)17(12-4-5-12)9-11-2-3-11/h6-7,11-12H,2-5,8-9,15H2,1H3. The van der Waals surface area contributed by atoms with Gasteiger partial charge in [0.05, 0.1) is 0 Å². The Morgan fingerprint density at radius 1 is 1.35 bits per heavy atom. The zero-order chi connectivity index (χ0) is 11.8. The molecule has 0 bridgehead atoms. The number of pyridine rings is 1. The van der Waals surface area contributed by atoms with Crippen LogP contribution >= 0.6 is 0 Å². The van der Waals surface area contributed by atoms with Gasteiger partial charge >= 0.3 is 0 Å². The highest BCUT2D eigenvalue weighted by Gasteiger charge is 2.35. The number of aryl methyl sites for hydroxylation is 1. The average molecular weight is 231 g/mol. The predicted octanol–water partition coefficient (Wildman–Crippen LogP) is 2.23. The number of anilines is 1. The van der Waals surface area contributed by atoms with E-state index in [-0.39, 0.29) is 0 Å². The van der Waals surface area contributed by atoms with Crippen molar-refractivity contribution in [3.8, 4) is 0 Å². The van der Waals surface area contributed by atoms with Crippen LogP contribution in [0.15, 0.2) is 12.3 Å². The van der Waals surface area contributed by atoms with E-state index in [1.807, 2.05) is 6.20 Å². The molecule has 17 heavy (non-hydrogen) atoms. The quantitative estimate of drug-likeness (QED) is 0.845. The highest BCUT2D eigenvalue weighted by Crippen LogP contribution is 2.38. The molecular formula is C14H21N3. The third-order valence-electron chi connectivity index (χ3n) is 3.88. The fourth-order valence-corrected chi connectivity index (χ4v) is 2.45. The minimum atomic E-state index is 0.600. The lowest BCUT2D eigenvalue weighted by Crippen LogP contribution is -2.30. The van der Waals surface area contributed by atoms with Crippen LogP contribution in [-0.4, -0.2) is 17.6 Å². The molecule has 0 atom stereocenters. The van der Waals surface area contributed by atoms with Gasteiger partial charge < -0.3 is 10.6 Å². The van der Waals surface area contributed by atoms with E-state index in [0.717, 1.165) is 17.8 Å². The van der Waals surface area contributed by atoms with Crippen LogP contribution < -0.4 is 10.6 Å². The molecule has 0 saturated heterocycles. The van der Waals surface area contributed by atoms with Gasteiger partial charge in [0.25, 0.3) is 0 Å². The summed E-state index contributed by atoms with van der Waals surface area (Å²) >= 11 is 0. The average Bonchev–Trinajstić information content (AvgIpc) is 3.17. The van der Waals surface area contributed by atoms with E-state index >= 15 is 0 Å². The molecule has 2 fully saturated rings. The van der Waals surface area contributed by atoms with Crippen molar-refractivity contribution in [3.05, 3.63) is 23.4 Å². The number of rotatable bonds is 5. The number of nitrogens with two attached hydrogens (primary N) is 1. The van der Waals surface area contributed by atoms with Crippen molar-refractivity contribution in [2.24, 2.45) is 11.7 Å². The van der Waals surface area contributed by atoms with Gasteiger partial charge in [-0.1, -0.05) is 0 Å². The summed E-state index contributed by atoms with van der Waals surface area (Å²) in [7, 11) is 0. The van der Waals surface area contributed by atoms with Crippen molar-refractivity contribution >= 4 is 5.82 Å². The maximum Gasteiger partial charge on any atom is 0.133 e. The first kappa shape index (κ1) is 11.0. The maximum absolute atomic E-state index is 5.89. The smallest absolute Gasteiger partial charge is 0.133 e. The second kappa shape index (κ2) is 4.30.